The third-order valence-corrected chi connectivity index (χ3v) is 5.45. The summed E-state index contributed by atoms with van der Waals surface area (Å²) < 4.78 is 34.9. The molecule has 0 spiro atoms. The maximum Gasteiger partial charge on any atom is 0.263 e. The summed E-state index contributed by atoms with van der Waals surface area (Å²) >= 11 is 0. The van der Waals surface area contributed by atoms with Crippen molar-refractivity contribution in [2.75, 3.05) is 4.72 Å². The van der Waals surface area contributed by atoms with Gasteiger partial charge in [0.05, 0.1) is 16.8 Å². The van der Waals surface area contributed by atoms with Crippen LogP contribution in [-0.4, -0.2) is 24.5 Å². The number of aromatic nitrogens is 2. The first-order chi connectivity index (χ1) is 13.6. The fourth-order valence-electron chi connectivity index (χ4n) is 2.72. The van der Waals surface area contributed by atoms with E-state index < -0.39 is 10.0 Å². The maximum absolute atomic E-state index is 12.8. The highest BCUT2D eigenvalue weighted by atomic mass is 32.2. The number of rotatable bonds is 6. The number of hydrogen-bond acceptors (Lipinski definition) is 5. The highest BCUT2D eigenvalue weighted by Crippen LogP contribution is 2.24. The number of anilines is 1. The van der Waals surface area contributed by atoms with Gasteiger partial charge in [-0.25, -0.2) is 13.1 Å². The Hall–Kier alpha value is -3.65. The third kappa shape index (κ3) is 3.45. The van der Waals surface area contributed by atoms with Gasteiger partial charge in [0.1, 0.15) is 11.6 Å². The number of nitrogens with one attached hydrogen (secondary N) is 1. The third-order valence-electron chi connectivity index (χ3n) is 4.07. The minimum atomic E-state index is -3.81. The molecule has 0 saturated carbocycles. The fraction of sp³-hybridized carbons (Fsp3) is 0. The molecule has 7 nitrogen and oxygen atoms in total. The van der Waals surface area contributed by atoms with E-state index in [0.29, 0.717) is 23.4 Å². The average molecular weight is 393 g/mol. The number of hydrogen-bond donors (Lipinski definition) is 1. The zero-order valence-electron chi connectivity index (χ0n) is 14.5. The van der Waals surface area contributed by atoms with Crippen LogP contribution in [0.15, 0.2) is 88.3 Å². The number of carbonyl (C=O) groups excluding carboxylic acids is 1. The number of carbonyl (C=O) groups is 1. The van der Waals surface area contributed by atoms with E-state index in [-0.39, 0.29) is 10.7 Å². The standard InChI is InChI=1S/C20H15N3O4S/c24-14-17-8-11-19(27-17)15-6-9-18(10-7-15)28(25,26)22-20-12-13-21-23(20)16-4-2-1-3-5-16/h1-14,22H. The molecule has 0 saturated heterocycles. The van der Waals surface area contributed by atoms with Crippen molar-refractivity contribution in [1.82, 2.24) is 9.78 Å². The van der Waals surface area contributed by atoms with E-state index in [4.69, 9.17) is 4.42 Å². The van der Waals surface area contributed by atoms with E-state index in [9.17, 15) is 13.2 Å². The molecule has 2 heterocycles. The van der Waals surface area contributed by atoms with Crippen LogP contribution in [0.4, 0.5) is 5.82 Å². The molecule has 0 aliphatic carbocycles. The van der Waals surface area contributed by atoms with Crippen molar-refractivity contribution < 1.29 is 17.6 Å². The van der Waals surface area contributed by atoms with Crippen LogP contribution < -0.4 is 4.72 Å². The van der Waals surface area contributed by atoms with Crippen molar-refractivity contribution in [3.8, 4) is 17.0 Å². The van der Waals surface area contributed by atoms with Crippen molar-refractivity contribution in [3.63, 3.8) is 0 Å². The van der Waals surface area contributed by atoms with Crippen LogP contribution >= 0.6 is 0 Å². The number of para-hydroxylation sites is 1. The summed E-state index contributed by atoms with van der Waals surface area (Å²) in [5.74, 6) is 1.03. The Morgan fingerprint density at radius 2 is 1.68 bits per heavy atom. The normalized spacial score (nSPS) is 11.3. The van der Waals surface area contributed by atoms with Gasteiger partial charge in [-0.2, -0.15) is 5.10 Å². The minimum Gasteiger partial charge on any atom is -0.453 e. The van der Waals surface area contributed by atoms with Gasteiger partial charge in [0.25, 0.3) is 10.0 Å². The SMILES string of the molecule is O=Cc1ccc(-c2ccc(S(=O)(=O)Nc3ccnn3-c3ccccc3)cc2)o1. The Bertz CT molecular complexity index is 1210. The molecule has 0 aliphatic rings. The predicted molar refractivity (Wildman–Crippen MR) is 104 cm³/mol. The van der Waals surface area contributed by atoms with Crippen molar-refractivity contribution >= 4 is 22.1 Å². The van der Waals surface area contributed by atoms with Gasteiger partial charge in [-0.05, 0) is 48.5 Å². The first kappa shape index (κ1) is 17.7. The lowest BCUT2D eigenvalue weighted by molar-refractivity contribution is 0.110. The van der Waals surface area contributed by atoms with Crippen molar-refractivity contribution in [2.24, 2.45) is 0 Å². The van der Waals surface area contributed by atoms with Gasteiger partial charge in [-0.15, -0.1) is 0 Å². The summed E-state index contributed by atoms with van der Waals surface area (Å²) in [6, 6.07) is 20.2. The second-order valence-electron chi connectivity index (χ2n) is 5.91. The molecule has 0 aliphatic heterocycles. The molecule has 0 atom stereocenters. The molecular formula is C20H15N3O4S. The molecule has 0 bridgehead atoms. The van der Waals surface area contributed by atoms with Crippen LogP contribution in [0, 0.1) is 0 Å². The van der Waals surface area contributed by atoms with Crippen LogP contribution in [0.5, 0.6) is 0 Å². The lowest BCUT2D eigenvalue weighted by Gasteiger charge is -2.11. The van der Waals surface area contributed by atoms with Crippen LogP contribution in [0.3, 0.4) is 0 Å². The zero-order valence-corrected chi connectivity index (χ0v) is 15.3. The molecule has 4 aromatic rings. The molecule has 4 rings (SSSR count). The lowest BCUT2D eigenvalue weighted by Crippen LogP contribution is -2.15. The number of aldehydes is 1. The summed E-state index contributed by atoms with van der Waals surface area (Å²) in [4.78, 5) is 10.8. The number of nitrogens with zero attached hydrogens (tertiary/aromatic N) is 2. The van der Waals surface area contributed by atoms with E-state index in [2.05, 4.69) is 9.82 Å². The topological polar surface area (TPSA) is 94.2 Å². The predicted octanol–water partition coefficient (Wildman–Crippen LogP) is 3.75. The molecule has 8 heteroatoms. The molecule has 0 unspecified atom stereocenters. The minimum absolute atomic E-state index is 0.0965. The second kappa shape index (κ2) is 7.16. The van der Waals surface area contributed by atoms with Crippen LogP contribution in [0.2, 0.25) is 0 Å². The Morgan fingerprint density at radius 1 is 0.929 bits per heavy atom. The molecule has 0 radical (unpaired) electrons. The molecular weight excluding hydrogens is 378 g/mol. The van der Waals surface area contributed by atoms with Gasteiger partial charge in [0.2, 0.25) is 0 Å². The average Bonchev–Trinajstić information content (AvgIpc) is 3.38. The second-order valence-corrected chi connectivity index (χ2v) is 7.60. The molecule has 28 heavy (non-hydrogen) atoms. The monoisotopic (exact) mass is 393 g/mol. The van der Waals surface area contributed by atoms with Gasteiger partial charge < -0.3 is 4.42 Å². The molecule has 0 fully saturated rings. The molecule has 1 N–H and O–H groups in total. The summed E-state index contributed by atoms with van der Waals surface area (Å²) in [6.45, 7) is 0. The van der Waals surface area contributed by atoms with Crippen molar-refractivity contribution in [3.05, 3.63) is 84.8 Å². The quantitative estimate of drug-likeness (QED) is 0.504. The first-order valence-corrected chi connectivity index (χ1v) is 9.83. The van der Waals surface area contributed by atoms with Gasteiger partial charge in [-0.1, -0.05) is 18.2 Å². The molecule has 0 amide bonds. The summed E-state index contributed by atoms with van der Waals surface area (Å²) in [6.07, 6.45) is 2.14. The number of benzene rings is 2. The van der Waals surface area contributed by atoms with Crippen LogP contribution in [0.1, 0.15) is 10.6 Å². The van der Waals surface area contributed by atoms with E-state index in [1.54, 1.807) is 30.3 Å². The van der Waals surface area contributed by atoms with Crippen LogP contribution in [-0.2, 0) is 10.0 Å². The van der Waals surface area contributed by atoms with Crippen LogP contribution in [0.25, 0.3) is 17.0 Å². The lowest BCUT2D eigenvalue weighted by atomic mass is 10.2. The highest BCUT2D eigenvalue weighted by Gasteiger charge is 2.17. The largest absolute Gasteiger partial charge is 0.453 e. The first-order valence-electron chi connectivity index (χ1n) is 8.34. The summed E-state index contributed by atoms with van der Waals surface area (Å²) in [5, 5.41) is 4.18. The van der Waals surface area contributed by atoms with Gasteiger partial charge in [0, 0.05) is 11.6 Å². The summed E-state index contributed by atoms with van der Waals surface area (Å²) in [5.41, 5.74) is 1.41. The molecule has 140 valence electrons. The van der Waals surface area contributed by atoms with Gasteiger partial charge in [0.15, 0.2) is 12.0 Å². The van der Waals surface area contributed by atoms with Crippen molar-refractivity contribution in [1.29, 1.82) is 0 Å². The summed E-state index contributed by atoms with van der Waals surface area (Å²) in [7, 11) is -3.81. The molecule has 2 aromatic heterocycles. The van der Waals surface area contributed by atoms with Crippen molar-refractivity contribution in [2.45, 2.75) is 4.90 Å². The number of sulfonamides is 1. The highest BCUT2D eigenvalue weighted by molar-refractivity contribution is 7.92. The Labute approximate surface area is 161 Å². The van der Waals surface area contributed by atoms with Gasteiger partial charge in [-0.3, -0.25) is 9.52 Å². The van der Waals surface area contributed by atoms with E-state index >= 15 is 0 Å². The smallest absolute Gasteiger partial charge is 0.263 e. The number of furan rings is 1. The van der Waals surface area contributed by atoms with Gasteiger partial charge >= 0.3 is 0 Å². The zero-order chi connectivity index (χ0) is 19.6. The Balaban J connectivity index is 1.60. The fourth-order valence-corrected chi connectivity index (χ4v) is 3.76. The van der Waals surface area contributed by atoms with E-state index in [1.807, 2.05) is 30.3 Å². The Morgan fingerprint density at radius 3 is 2.36 bits per heavy atom. The molecule has 2 aromatic carbocycles. The van der Waals surface area contributed by atoms with E-state index in [0.717, 1.165) is 5.69 Å². The van der Waals surface area contributed by atoms with E-state index in [1.165, 1.54) is 23.0 Å². The maximum atomic E-state index is 12.8. The Kier molecular flexibility index (Phi) is 4.54.